The highest BCUT2D eigenvalue weighted by Gasteiger charge is 2.40. The van der Waals surface area contributed by atoms with Crippen LogP contribution in [0, 0.1) is 0 Å². The third-order valence-electron chi connectivity index (χ3n) is 4.79. The van der Waals surface area contributed by atoms with Crippen LogP contribution in [0.1, 0.15) is 20.3 Å². The van der Waals surface area contributed by atoms with Crippen LogP contribution < -0.4 is 29.2 Å². The summed E-state index contributed by atoms with van der Waals surface area (Å²) in [5.41, 5.74) is 0.160. The van der Waals surface area contributed by atoms with Crippen molar-refractivity contribution in [3.05, 3.63) is 36.4 Å². The maximum atomic E-state index is 12.8. The third-order valence-corrected chi connectivity index (χ3v) is 4.79. The number of ether oxygens (including phenoxy) is 4. The van der Waals surface area contributed by atoms with Crippen LogP contribution in [0.3, 0.4) is 0 Å². The molecule has 8 heteroatoms. The van der Waals surface area contributed by atoms with Gasteiger partial charge in [-0.3, -0.25) is 9.59 Å². The minimum absolute atomic E-state index is 0.104. The Morgan fingerprint density at radius 1 is 1.07 bits per heavy atom. The number of carbonyl (C=O) groups is 2. The number of nitrogens with one attached hydrogen (secondary N) is 1. The van der Waals surface area contributed by atoms with Gasteiger partial charge in [-0.1, -0.05) is 12.1 Å². The molecule has 2 aromatic rings. The quantitative estimate of drug-likeness (QED) is 0.749. The molecule has 8 nitrogen and oxygen atoms in total. The van der Waals surface area contributed by atoms with Crippen molar-refractivity contribution in [2.24, 2.45) is 0 Å². The van der Waals surface area contributed by atoms with E-state index in [-0.39, 0.29) is 24.8 Å². The second-order valence-electron chi connectivity index (χ2n) is 7.25. The number of benzene rings is 2. The molecule has 0 unspecified atom stereocenters. The predicted octanol–water partition coefficient (Wildman–Crippen LogP) is 3.25. The van der Waals surface area contributed by atoms with E-state index >= 15 is 0 Å². The summed E-state index contributed by atoms with van der Waals surface area (Å²) in [4.78, 5) is 27.0. The first kappa shape index (κ1) is 21.3. The van der Waals surface area contributed by atoms with Gasteiger partial charge in [-0.2, -0.15) is 0 Å². The van der Waals surface area contributed by atoms with Crippen molar-refractivity contribution in [3.8, 4) is 23.0 Å². The van der Waals surface area contributed by atoms with Crippen molar-refractivity contribution in [1.29, 1.82) is 0 Å². The lowest BCUT2D eigenvalue weighted by Crippen LogP contribution is -2.53. The van der Waals surface area contributed by atoms with Gasteiger partial charge < -0.3 is 29.2 Å². The summed E-state index contributed by atoms with van der Waals surface area (Å²) in [6.07, 6.45) is 0.104. The normalized spacial score (nSPS) is 14.4. The van der Waals surface area contributed by atoms with Gasteiger partial charge >= 0.3 is 0 Å². The summed E-state index contributed by atoms with van der Waals surface area (Å²) >= 11 is 0. The molecule has 3 rings (SSSR count). The molecule has 0 fully saturated rings. The molecule has 1 heterocycles. The SMILES string of the molecule is COc1cc(NC(=O)CCN2C(=O)C(C)(C)Oc3ccccc32)cc(OC)c1OC. The summed E-state index contributed by atoms with van der Waals surface area (Å²) in [7, 11) is 4.52. The van der Waals surface area contributed by atoms with E-state index in [1.54, 1.807) is 36.9 Å². The lowest BCUT2D eigenvalue weighted by molar-refractivity contribution is -0.132. The largest absolute Gasteiger partial charge is 0.493 e. The van der Waals surface area contributed by atoms with E-state index < -0.39 is 5.60 Å². The molecular weight excluding hydrogens is 388 g/mol. The lowest BCUT2D eigenvalue weighted by Gasteiger charge is -2.38. The first-order valence-electron chi connectivity index (χ1n) is 9.50. The molecule has 1 aliphatic heterocycles. The fourth-order valence-electron chi connectivity index (χ4n) is 3.33. The second-order valence-corrected chi connectivity index (χ2v) is 7.25. The van der Waals surface area contributed by atoms with Crippen molar-refractivity contribution in [2.45, 2.75) is 25.9 Å². The van der Waals surface area contributed by atoms with Crippen LogP contribution in [0.2, 0.25) is 0 Å². The first-order valence-corrected chi connectivity index (χ1v) is 9.50. The Hall–Kier alpha value is -3.42. The van der Waals surface area contributed by atoms with Crippen LogP contribution in [-0.2, 0) is 9.59 Å². The number of carbonyl (C=O) groups excluding carboxylic acids is 2. The van der Waals surface area contributed by atoms with Crippen molar-refractivity contribution in [3.63, 3.8) is 0 Å². The average molecular weight is 414 g/mol. The summed E-state index contributed by atoms with van der Waals surface area (Å²) in [5.74, 6) is 1.49. The number of anilines is 2. The molecule has 160 valence electrons. The molecule has 0 aromatic heterocycles. The van der Waals surface area contributed by atoms with Crippen molar-refractivity contribution in [1.82, 2.24) is 0 Å². The van der Waals surface area contributed by atoms with Crippen LogP contribution in [0.5, 0.6) is 23.0 Å². The Morgan fingerprint density at radius 3 is 2.30 bits per heavy atom. The van der Waals surface area contributed by atoms with Gasteiger partial charge in [-0.05, 0) is 26.0 Å². The molecule has 2 aromatic carbocycles. The highest BCUT2D eigenvalue weighted by atomic mass is 16.5. The van der Waals surface area contributed by atoms with E-state index in [4.69, 9.17) is 18.9 Å². The van der Waals surface area contributed by atoms with Gasteiger partial charge in [-0.15, -0.1) is 0 Å². The molecule has 1 N–H and O–H groups in total. The average Bonchev–Trinajstić information content (AvgIpc) is 2.73. The van der Waals surface area contributed by atoms with E-state index in [0.29, 0.717) is 34.4 Å². The number of hydrogen-bond acceptors (Lipinski definition) is 6. The lowest BCUT2D eigenvalue weighted by atomic mass is 10.0. The molecule has 0 radical (unpaired) electrons. The predicted molar refractivity (Wildman–Crippen MR) is 113 cm³/mol. The topological polar surface area (TPSA) is 86.3 Å². The van der Waals surface area contributed by atoms with Crippen LogP contribution in [0.4, 0.5) is 11.4 Å². The Bertz CT molecular complexity index is 931. The molecule has 1 aliphatic rings. The molecule has 0 atom stereocenters. The van der Waals surface area contributed by atoms with Crippen LogP contribution in [-0.4, -0.2) is 45.3 Å². The van der Waals surface area contributed by atoms with E-state index in [9.17, 15) is 9.59 Å². The van der Waals surface area contributed by atoms with Gasteiger partial charge in [0, 0.05) is 30.8 Å². The van der Waals surface area contributed by atoms with E-state index in [1.165, 1.54) is 21.3 Å². The zero-order valence-electron chi connectivity index (χ0n) is 17.8. The molecule has 0 saturated heterocycles. The Morgan fingerprint density at radius 2 is 1.70 bits per heavy atom. The maximum Gasteiger partial charge on any atom is 0.270 e. The summed E-state index contributed by atoms with van der Waals surface area (Å²) in [6.45, 7) is 3.65. The maximum absolute atomic E-state index is 12.8. The van der Waals surface area contributed by atoms with E-state index in [0.717, 1.165) is 0 Å². The number of hydrogen-bond donors (Lipinski definition) is 1. The molecule has 2 amide bonds. The van der Waals surface area contributed by atoms with Crippen molar-refractivity contribution in [2.75, 3.05) is 38.1 Å². The van der Waals surface area contributed by atoms with Crippen molar-refractivity contribution < 1.29 is 28.5 Å². The monoisotopic (exact) mass is 414 g/mol. The minimum Gasteiger partial charge on any atom is -0.493 e. The summed E-state index contributed by atoms with van der Waals surface area (Å²) in [6, 6.07) is 10.6. The van der Waals surface area contributed by atoms with Crippen LogP contribution in [0.25, 0.3) is 0 Å². The summed E-state index contributed by atoms with van der Waals surface area (Å²) in [5, 5.41) is 2.82. The molecule has 30 heavy (non-hydrogen) atoms. The smallest absolute Gasteiger partial charge is 0.270 e. The Kier molecular flexibility index (Phi) is 6.05. The third kappa shape index (κ3) is 4.12. The fourth-order valence-corrected chi connectivity index (χ4v) is 3.33. The van der Waals surface area contributed by atoms with E-state index in [2.05, 4.69) is 5.32 Å². The summed E-state index contributed by atoms with van der Waals surface area (Å²) < 4.78 is 21.7. The Balaban J connectivity index is 1.74. The molecule has 0 spiro atoms. The Labute approximate surface area is 175 Å². The molecular formula is C22H26N2O6. The molecule has 0 bridgehead atoms. The van der Waals surface area contributed by atoms with Crippen molar-refractivity contribution >= 4 is 23.2 Å². The van der Waals surface area contributed by atoms with Crippen LogP contribution in [0.15, 0.2) is 36.4 Å². The minimum atomic E-state index is -0.998. The number of rotatable bonds is 7. The number of methoxy groups -OCH3 is 3. The second kappa shape index (κ2) is 8.52. The van der Waals surface area contributed by atoms with E-state index in [1.807, 2.05) is 18.2 Å². The first-order chi connectivity index (χ1) is 14.3. The number of nitrogens with zero attached hydrogens (tertiary/aromatic N) is 1. The van der Waals surface area contributed by atoms with Gasteiger partial charge in [0.15, 0.2) is 17.1 Å². The highest BCUT2D eigenvalue weighted by Crippen LogP contribution is 2.40. The zero-order valence-corrected chi connectivity index (χ0v) is 17.8. The number of amides is 2. The zero-order chi connectivity index (χ0) is 21.9. The molecule has 0 saturated carbocycles. The number of fused-ring (bicyclic) bond motifs is 1. The fraction of sp³-hybridized carbons (Fsp3) is 0.364. The van der Waals surface area contributed by atoms with Gasteiger partial charge in [0.2, 0.25) is 11.7 Å². The molecule has 0 aliphatic carbocycles. The van der Waals surface area contributed by atoms with Gasteiger partial charge in [0.05, 0.1) is 27.0 Å². The van der Waals surface area contributed by atoms with Gasteiger partial charge in [-0.25, -0.2) is 0 Å². The standard InChI is InChI=1S/C22H26N2O6/c1-22(2)21(26)24(15-8-6-7-9-16(15)30-22)11-10-19(25)23-14-12-17(27-3)20(29-5)18(13-14)28-4/h6-9,12-13H,10-11H2,1-5H3,(H,23,25). The van der Waals surface area contributed by atoms with Gasteiger partial charge in [0.25, 0.3) is 5.91 Å². The van der Waals surface area contributed by atoms with Gasteiger partial charge in [0.1, 0.15) is 5.75 Å². The highest BCUT2D eigenvalue weighted by molar-refractivity contribution is 6.03. The number of para-hydroxylation sites is 2. The van der Waals surface area contributed by atoms with Crippen LogP contribution >= 0.6 is 0 Å².